The van der Waals surface area contributed by atoms with Crippen LogP contribution in [-0.4, -0.2) is 47.3 Å². The summed E-state index contributed by atoms with van der Waals surface area (Å²) >= 11 is 0.850. The van der Waals surface area contributed by atoms with E-state index >= 15 is 0 Å². The van der Waals surface area contributed by atoms with Crippen molar-refractivity contribution >= 4 is 46.2 Å². The zero-order valence-corrected chi connectivity index (χ0v) is 19.3. The molecule has 1 atom stereocenters. The molecule has 1 fully saturated rings. The molecule has 2 aliphatic rings. The number of esters is 1. The van der Waals surface area contributed by atoms with Gasteiger partial charge in [-0.05, 0) is 88.2 Å². The van der Waals surface area contributed by atoms with E-state index in [-0.39, 0.29) is 5.54 Å². The average Bonchev–Trinajstić information content (AvgIpc) is 2.94. The second-order valence-corrected chi connectivity index (χ2v) is 9.20. The number of rotatable bonds is 4. The molecule has 3 rings (SSSR count). The van der Waals surface area contributed by atoms with Crippen LogP contribution in [0.25, 0.3) is 11.6 Å². The van der Waals surface area contributed by atoms with Crippen LogP contribution < -0.4 is 4.90 Å². The fourth-order valence-electron chi connectivity index (χ4n) is 4.21. The first-order chi connectivity index (χ1) is 14.0. The van der Waals surface area contributed by atoms with E-state index in [9.17, 15) is 14.4 Å². The predicted octanol–water partition coefficient (Wildman–Crippen LogP) is 4.61. The molecule has 0 aromatic heterocycles. The van der Waals surface area contributed by atoms with E-state index in [1.165, 1.54) is 25.3 Å². The molecule has 1 aromatic carbocycles. The molecule has 2 amide bonds. The third-order valence-electron chi connectivity index (χ3n) is 5.72. The lowest BCUT2D eigenvalue weighted by atomic mass is 9.87. The Morgan fingerprint density at radius 1 is 1.27 bits per heavy atom. The quantitative estimate of drug-likeness (QED) is 0.515. The van der Waals surface area contributed by atoms with E-state index in [4.69, 9.17) is 0 Å². The lowest BCUT2D eigenvalue weighted by Crippen LogP contribution is -2.44. The van der Waals surface area contributed by atoms with E-state index in [0.29, 0.717) is 4.91 Å². The number of allylic oxidation sites excluding steroid dienone is 1. The zero-order chi connectivity index (χ0) is 22.4. The first kappa shape index (κ1) is 22.2. The summed E-state index contributed by atoms with van der Waals surface area (Å²) in [6, 6.07) is 3.26. The van der Waals surface area contributed by atoms with Crippen molar-refractivity contribution in [3.63, 3.8) is 0 Å². The van der Waals surface area contributed by atoms with Gasteiger partial charge in [-0.2, -0.15) is 0 Å². The number of thioether (sulfide) groups is 1. The van der Waals surface area contributed by atoms with Crippen molar-refractivity contribution in [3.8, 4) is 0 Å². The molecule has 1 unspecified atom stereocenters. The van der Waals surface area contributed by atoms with Gasteiger partial charge in [-0.1, -0.05) is 6.08 Å². The summed E-state index contributed by atoms with van der Waals surface area (Å²) in [5, 5.41) is -0.463. The standard InChI is InChI=1S/C23H28N2O4S/c1-8-24-18-9-13(2)16(10-17(18)14(3)12-23(24,5)6)11-19-20(26)25(22(28)30-19)15(4)21(27)29-7/h9-12,15H,8H2,1-7H3/b19-11-. The maximum Gasteiger partial charge on any atom is 0.328 e. The number of imide groups is 1. The van der Waals surface area contributed by atoms with Crippen molar-refractivity contribution in [1.82, 2.24) is 4.90 Å². The predicted molar refractivity (Wildman–Crippen MR) is 121 cm³/mol. The molecule has 0 saturated carbocycles. The Bertz CT molecular complexity index is 993. The highest BCUT2D eigenvalue weighted by Crippen LogP contribution is 2.41. The number of aryl methyl sites for hydroxylation is 1. The monoisotopic (exact) mass is 428 g/mol. The molecule has 30 heavy (non-hydrogen) atoms. The number of amides is 2. The third-order valence-corrected chi connectivity index (χ3v) is 6.61. The smallest absolute Gasteiger partial charge is 0.328 e. The van der Waals surface area contributed by atoms with Gasteiger partial charge in [0.1, 0.15) is 6.04 Å². The number of methoxy groups -OCH3 is 1. The number of hydrogen-bond acceptors (Lipinski definition) is 6. The molecular formula is C23H28N2O4S. The molecule has 0 N–H and O–H groups in total. The van der Waals surface area contributed by atoms with E-state index in [0.717, 1.165) is 39.9 Å². The molecule has 7 heteroatoms. The van der Waals surface area contributed by atoms with Crippen LogP contribution in [0.2, 0.25) is 0 Å². The summed E-state index contributed by atoms with van der Waals surface area (Å²) in [6.45, 7) is 13.0. The lowest BCUT2D eigenvalue weighted by molar-refractivity contribution is -0.148. The van der Waals surface area contributed by atoms with Crippen LogP contribution in [0.4, 0.5) is 10.5 Å². The van der Waals surface area contributed by atoms with E-state index in [1.807, 2.05) is 6.92 Å². The van der Waals surface area contributed by atoms with Crippen LogP contribution in [0.3, 0.4) is 0 Å². The van der Waals surface area contributed by atoms with Crippen molar-refractivity contribution in [2.24, 2.45) is 0 Å². The normalized spacial score (nSPS) is 20.4. The Balaban J connectivity index is 2.02. The molecule has 160 valence electrons. The van der Waals surface area contributed by atoms with Gasteiger partial charge in [-0.15, -0.1) is 0 Å². The number of carbonyl (C=O) groups is 3. The summed E-state index contributed by atoms with van der Waals surface area (Å²) in [7, 11) is 1.24. The van der Waals surface area contributed by atoms with Gasteiger partial charge in [0.05, 0.1) is 17.6 Å². The maximum absolute atomic E-state index is 12.8. The molecule has 2 heterocycles. The summed E-state index contributed by atoms with van der Waals surface area (Å²) in [5.41, 5.74) is 5.30. The molecular weight excluding hydrogens is 400 g/mol. The summed E-state index contributed by atoms with van der Waals surface area (Å²) in [5.74, 6) is -1.09. The highest BCUT2D eigenvalue weighted by molar-refractivity contribution is 8.18. The number of hydrogen-bond donors (Lipinski definition) is 0. The summed E-state index contributed by atoms with van der Waals surface area (Å²) < 4.78 is 4.68. The number of anilines is 1. The number of fused-ring (bicyclic) bond motifs is 1. The van der Waals surface area contributed by atoms with Gasteiger partial charge in [0.25, 0.3) is 11.1 Å². The Morgan fingerprint density at radius 3 is 2.53 bits per heavy atom. The van der Waals surface area contributed by atoms with Crippen molar-refractivity contribution in [2.75, 3.05) is 18.6 Å². The largest absolute Gasteiger partial charge is 0.467 e. The van der Waals surface area contributed by atoms with Crippen LogP contribution >= 0.6 is 11.8 Å². The molecule has 2 aliphatic heterocycles. The Labute approximate surface area is 181 Å². The van der Waals surface area contributed by atoms with Gasteiger partial charge in [0.2, 0.25) is 0 Å². The second-order valence-electron chi connectivity index (χ2n) is 8.20. The van der Waals surface area contributed by atoms with E-state index < -0.39 is 23.2 Å². The molecule has 1 saturated heterocycles. The number of benzene rings is 1. The minimum atomic E-state index is -0.955. The highest BCUT2D eigenvalue weighted by atomic mass is 32.2. The Morgan fingerprint density at radius 2 is 1.93 bits per heavy atom. The molecule has 0 aliphatic carbocycles. The van der Waals surface area contributed by atoms with Crippen LogP contribution in [0, 0.1) is 6.92 Å². The lowest BCUT2D eigenvalue weighted by Gasteiger charge is -2.43. The Kier molecular flexibility index (Phi) is 5.87. The summed E-state index contributed by atoms with van der Waals surface area (Å²) in [4.78, 5) is 40.6. The van der Waals surface area contributed by atoms with Crippen molar-refractivity contribution < 1.29 is 19.1 Å². The average molecular weight is 429 g/mol. The zero-order valence-electron chi connectivity index (χ0n) is 18.5. The molecule has 0 radical (unpaired) electrons. The third kappa shape index (κ3) is 3.67. The second kappa shape index (κ2) is 7.95. The topological polar surface area (TPSA) is 66.9 Å². The maximum atomic E-state index is 12.8. The van der Waals surface area contributed by atoms with Crippen LogP contribution in [0.5, 0.6) is 0 Å². The van der Waals surface area contributed by atoms with E-state index in [2.05, 4.69) is 55.5 Å². The number of carbonyl (C=O) groups excluding carboxylic acids is 3. The Hall–Kier alpha value is -2.54. The first-order valence-corrected chi connectivity index (χ1v) is 10.8. The highest BCUT2D eigenvalue weighted by Gasteiger charge is 2.41. The molecule has 1 aromatic rings. The minimum Gasteiger partial charge on any atom is -0.467 e. The molecule has 0 spiro atoms. The van der Waals surface area contributed by atoms with Gasteiger partial charge in [0.15, 0.2) is 0 Å². The first-order valence-electron chi connectivity index (χ1n) is 9.98. The van der Waals surface area contributed by atoms with Crippen molar-refractivity contribution in [2.45, 2.75) is 53.1 Å². The van der Waals surface area contributed by atoms with Gasteiger partial charge in [-0.25, -0.2) is 4.79 Å². The minimum absolute atomic E-state index is 0.0769. The van der Waals surface area contributed by atoms with Gasteiger partial charge in [0, 0.05) is 17.8 Å². The van der Waals surface area contributed by atoms with E-state index in [1.54, 1.807) is 6.08 Å². The number of likely N-dealkylation sites (N-methyl/N-ethyl adjacent to an activating group) is 1. The SMILES string of the molecule is CCN1c2cc(C)c(/C=C3\SC(=O)N(C(C)C(=O)OC)C3=O)cc2C(C)=CC1(C)C. The van der Waals surface area contributed by atoms with Crippen LogP contribution in [0.1, 0.15) is 51.3 Å². The van der Waals surface area contributed by atoms with Gasteiger partial charge >= 0.3 is 5.97 Å². The number of nitrogens with zero attached hydrogens (tertiary/aromatic N) is 2. The van der Waals surface area contributed by atoms with Crippen LogP contribution in [-0.2, 0) is 14.3 Å². The van der Waals surface area contributed by atoms with Crippen molar-refractivity contribution in [3.05, 3.63) is 39.8 Å². The summed E-state index contributed by atoms with van der Waals surface area (Å²) in [6.07, 6.45) is 4.00. The number of ether oxygens (including phenoxy) is 1. The van der Waals surface area contributed by atoms with Crippen molar-refractivity contribution in [1.29, 1.82) is 0 Å². The fraction of sp³-hybridized carbons (Fsp3) is 0.435. The van der Waals surface area contributed by atoms with Gasteiger partial charge in [-0.3, -0.25) is 14.5 Å². The molecule has 6 nitrogen and oxygen atoms in total. The van der Waals surface area contributed by atoms with Gasteiger partial charge < -0.3 is 9.64 Å². The van der Waals surface area contributed by atoms with Crippen LogP contribution in [0.15, 0.2) is 23.1 Å². The molecule has 0 bridgehead atoms. The fourth-order valence-corrected chi connectivity index (χ4v) is 5.11.